The molecule has 1 heterocycles. The molecule has 1 aromatic rings. The van der Waals surface area contributed by atoms with E-state index in [1.807, 2.05) is 25.1 Å². The van der Waals surface area contributed by atoms with Gasteiger partial charge in [-0.3, -0.25) is 9.59 Å². The Labute approximate surface area is 106 Å². The fourth-order valence-electron chi connectivity index (χ4n) is 1.90. The molecule has 0 aliphatic carbocycles. The van der Waals surface area contributed by atoms with E-state index in [4.69, 9.17) is 4.74 Å². The minimum Gasteiger partial charge on any atom is -0.482 e. The van der Waals surface area contributed by atoms with Crippen molar-refractivity contribution in [2.24, 2.45) is 0 Å². The molecule has 96 valence electrons. The van der Waals surface area contributed by atoms with Crippen molar-refractivity contribution in [2.45, 2.75) is 13.3 Å². The zero-order valence-electron chi connectivity index (χ0n) is 10.5. The third kappa shape index (κ3) is 2.45. The van der Waals surface area contributed by atoms with Gasteiger partial charge in [-0.25, -0.2) is 0 Å². The lowest BCUT2D eigenvalue weighted by Gasteiger charge is -2.29. The molecule has 1 aliphatic rings. The van der Waals surface area contributed by atoms with Gasteiger partial charge in [-0.1, -0.05) is 6.07 Å². The molecule has 5 nitrogen and oxygen atoms in total. The van der Waals surface area contributed by atoms with Gasteiger partial charge in [0.25, 0.3) is 5.91 Å². The van der Waals surface area contributed by atoms with Gasteiger partial charge in [0, 0.05) is 20.0 Å². The minimum absolute atomic E-state index is 0.0319. The van der Waals surface area contributed by atoms with E-state index in [0.717, 1.165) is 11.3 Å². The number of hydrogen-bond donors (Lipinski definition) is 1. The van der Waals surface area contributed by atoms with Gasteiger partial charge in [-0.05, 0) is 24.6 Å². The highest BCUT2D eigenvalue weighted by molar-refractivity contribution is 5.98. The number of hydrogen-bond acceptors (Lipinski definition) is 3. The van der Waals surface area contributed by atoms with Crippen LogP contribution in [0.3, 0.4) is 0 Å². The van der Waals surface area contributed by atoms with Crippen LogP contribution in [0, 0.1) is 6.92 Å². The summed E-state index contributed by atoms with van der Waals surface area (Å²) in [6.07, 6.45) is 0.287. The first-order chi connectivity index (χ1) is 8.61. The number of nitrogens with zero attached hydrogens (tertiary/aromatic N) is 1. The third-order valence-corrected chi connectivity index (χ3v) is 2.90. The first-order valence-electron chi connectivity index (χ1n) is 5.86. The smallest absolute Gasteiger partial charge is 0.265 e. The van der Waals surface area contributed by atoms with Gasteiger partial charge in [-0.15, -0.1) is 0 Å². The second kappa shape index (κ2) is 5.08. The molecule has 0 spiro atoms. The van der Waals surface area contributed by atoms with Crippen molar-refractivity contribution in [3.63, 3.8) is 0 Å². The van der Waals surface area contributed by atoms with E-state index in [1.165, 1.54) is 0 Å². The summed E-state index contributed by atoms with van der Waals surface area (Å²) in [7, 11) is 1.58. The van der Waals surface area contributed by atoms with E-state index < -0.39 is 0 Å². The van der Waals surface area contributed by atoms with Gasteiger partial charge in [0.1, 0.15) is 5.75 Å². The van der Waals surface area contributed by atoms with Crippen molar-refractivity contribution in [3.05, 3.63) is 23.8 Å². The second-order valence-corrected chi connectivity index (χ2v) is 4.23. The summed E-state index contributed by atoms with van der Waals surface area (Å²) in [4.78, 5) is 24.7. The van der Waals surface area contributed by atoms with Crippen molar-refractivity contribution in [3.8, 4) is 5.75 Å². The number of carbonyl (C=O) groups excluding carboxylic acids is 2. The van der Waals surface area contributed by atoms with Gasteiger partial charge in [0.2, 0.25) is 5.91 Å². The van der Waals surface area contributed by atoms with Crippen molar-refractivity contribution >= 4 is 17.5 Å². The molecule has 0 bridgehead atoms. The monoisotopic (exact) mass is 248 g/mol. The van der Waals surface area contributed by atoms with Gasteiger partial charge < -0.3 is 15.0 Å². The fourth-order valence-corrected chi connectivity index (χ4v) is 1.90. The summed E-state index contributed by atoms with van der Waals surface area (Å²) in [5.41, 5.74) is 1.81. The molecule has 0 radical (unpaired) electrons. The van der Waals surface area contributed by atoms with Crippen LogP contribution in [-0.2, 0) is 9.59 Å². The first kappa shape index (κ1) is 12.4. The topological polar surface area (TPSA) is 58.6 Å². The average Bonchev–Trinajstić information content (AvgIpc) is 2.37. The lowest BCUT2D eigenvalue weighted by Crippen LogP contribution is -2.40. The molecule has 2 amide bonds. The molecule has 0 saturated heterocycles. The van der Waals surface area contributed by atoms with Crippen LogP contribution in [0.25, 0.3) is 0 Å². The van der Waals surface area contributed by atoms with Crippen LogP contribution in [0.5, 0.6) is 5.75 Å². The molecular formula is C13H16N2O3. The molecule has 0 fully saturated rings. The maximum Gasteiger partial charge on any atom is 0.265 e. The molecule has 5 heteroatoms. The van der Waals surface area contributed by atoms with Crippen LogP contribution in [0.15, 0.2) is 18.2 Å². The normalized spacial score (nSPS) is 13.9. The number of carbonyl (C=O) groups is 2. The molecule has 0 unspecified atom stereocenters. The van der Waals surface area contributed by atoms with Crippen molar-refractivity contribution in [1.29, 1.82) is 0 Å². The van der Waals surface area contributed by atoms with Gasteiger partial charge in [-0.2, -0.15) is 0 Å². The number of fused-ring (bicyclic) bond motifs is 1. The van der Waals surface area contributed by atoms with Crippen molar-refractivity contribution in [2.75, 3.05) is 25.1 Å². The molecule has 0 atom stereocenters. The van der Waals surface area contributed by atoms with E-state index in [9.17, 15) is 9.59 Å². The number of rotatable bonds is 3. The number of benzene rings is 1. The molecule has 1 aliphatic heterocycles. The number of ether oxygens (including phenoxy) is 1. The predicted octanol–water partition coefficient (Wildman–Crippen LogP) is 0.857. The van der Waals surface area contributed by atoms with Crippen LogP contribution >= 0.6 is 0 Å². The number of nitrogens with one attached hydrogen (secondary N) is 1. The first-order valence-corrected chi connectivity index (χ1v) is 5.86. The summed E-state index contributed by atoms with van der Waals surface area (Å²) < 4.78 is 5.39. The molecule has 0 aromatic heterocycles. The quantitative estimate of drug-likeness (QED) is 0.863. The summed E-state index contributed by atoms with van der Waals surface area (Å²) >= 11 is 0. The fraction of sp³-hybridized carbons (Fsp3) is 0.385. The van der Waals surface area contributed by atoms with Crippen LogP contribution in [0.1, 0.15) is 12.0 Å². The molecule has 0 saturated carbocycles. The largest absolute Gasteiger partial charge is 0.482 e. The van der Waals surface area contributed by atoms with Gasteiger partial charge in [0.15, 0.2) is 6.61 Å². The van der Waals surface area contributed by atoms with E-state index in [-0.39, 0.29) is 24.8 Å². The van der Waals surface area contributed by atoms with Gasteiger partial charge in [0.05, 0.1) is 5.69 Å². The van der Waals surface area contributed by atoms with E-state index in [0.29, 0.717) is 12.3 Å². The summed E-state index contributed by atoms with van der Waals surface area (Å²) in [6.45, 7) is 2.37. The molecule has 1 N–H and O–H groups in total. The molecule has 2 rings (SSSR count). The Morgan fingerprint density at radius 1 is 1.50 bits per heavy atom. The van der Waals surface area contributed by atoms with Crippen LogP contribution in [-0.4, -0.2) is 32.0 Å². The summed E-state index contributed by atoms with van der Waals surface area (Å²) in [5, 5.41) is 2.54. The number of amides is 2. The zero-order chi connectivity index (χ0) is 13.1. The molecule has 18 heavy (non-hydrogen) atoms. The van der Waals surface area contributed by atoms with E-state index >= 15 is 0 Å². The van der Waals surface area contributed by atoms with Crippen molar-refractivity contribution in [1.82, 2.24) is 5.32 Å². The standard InChI is InChI=1S/C13H16N2O3/c1-9-3-4-10-11(7-9)18-8-13(17)15(10)6-5-12(16)14-2/h3-4,7H,5-6,8H2,1-2H3,(H,14,16). The van der Waals surface area contributed by atoms with E-state index in [2.05, 4.69) is 5.32 Å². The molecular weight excluding hydrogens is 232 g/mol. The predicted molar refractivity (Wildman–Crippen MR) is 67.7 cm³/mol. The van der Waals surface area contributed by atoms with Crippen LogP contribution in [0.2, 0.25) is 0 Å². The Hall–Kier alpha value is -2.04. The SMILES string of the molecule is CNC(=O)CCN1C(=O)COc2cc(C)ccc21. The Morgan fingerprint density at radius 2 is 2.28 bits per heavy atom. The van der Waals surface area contributed by atoms with E-state index in [1.54, 1.807) is 11.9 Å². The van der Waals surface area contributed by atoms with Crippen molar-refractivity contribution < 1.29 is 14.3 Å². The number of anilines is 1. The molecule has 1 aromatic carbocycles. The minimum atomic E-state index is -0.116. The Bertz CT molecular complexity index is 485. The Balaban J connectivity index is 2.20. The maximum absolute atomic E-state index is 11.8. The lowest BCUT2D eigenvalue weighted by atomic mass is 10.1. The second-order valence-electron chi connectivity index (χ2n) is 4.23. The lowest BCUT2D eigenvalue weighted by molar-refractivity contribution is -0.122. The highest BCUT2D eigenvalue weighted by atomic mass is 16.5. The maximum atomic E-state index is 11.8. The summed E-state index contributed by atoms with van der Waals surface area (Å²) in [5.74, 6) is 0.504. The highest BCUT2D eigenvalue weighted by Gasteiger charge is 2.25. The number of aryl methyl sites for hydroxylation is 1. The third-order valence-electron chi connectivity index (χ3n) is 2.90. The average molecular weight is 248 g/mol. The Kier molecular flexibility index (Phi) is 3.50. The summed E-state index contributed by atoms with van der Waals surface area (Å²) in [6, 6.07) is 5.67. The van der Waals surface area contributed by atoms with Crippen LogP contribution < -0.4 is 15.0 Å². The van der Waals surface area contributed by atoms with Crippen LogP contribution in [0.4, 0.5) is 5.69 Å². The highest BCUT2D eigenvalue weighted by Crippen LogP contribution is 2.32. The Morgan fingerprint density at radius 3 is 3.00 bits per heavy atom. The van der Waals surface area contributed by atoms with Gasteiger partial charge >= 0.3 is 0 Å². The zero-order valence-corrected chi connectivity index (χ0v) is 10.5.